The third kappa shape index (κ3) is 6.99. The van der Waals surface area contributed by atoms with Crippen molar-refractivity contribution in [2.45, 2.75) is 50.4 Å². The summed E-state index contributed by atoms with van der Waals surface area (Å²) in [7, 11) is 0. The van der Waals surface area contributed by atoms with Crippen molar-refractivity contribution in [1.29, 1.82) is 0 Å². The van der Waals surface area contributed by atoms with Gasteiger partial charge >= 0.3 is 18.0 Å². The Morgan fingerprint density at radius 1 is 1.05 bits per heavy atom. The number of Topliss-reactive ketones (excluding diaryl/α,β-unsaturated/α-hetero) is 1. The van der Waals surface area contributed by atoms with E-state index in [9.17, 15) is 41.0 Å². The quantitative estimate of drug-likeness (QED) is 0.386. The average molecular weight is 551 g/mol. The first-order valence-corrected chi connectivity index (χ1v) is 11.2. The van der Waals surface area contributed by atoms with E-state index in [1.807, 2.05) is 0 Å². The van der Waals surface area contributed by atoms with Gasteiger partial charge in [0.2, 0.25) is 0 Å². The maximum atomic E-state index is 13.2. The zero-order valence-electron chi connectivity index (χ0n) is 18.9. The molecule has 0 bridgehead atoms. The van der Waals surface area contributed by atoms with E-state index in [4.69, 9.17) is 17.3 Å². The third-order valence-corrected chi connectivity index (χ3v) is 5.74. The highest BCUT2D eigenvalue weighted by atomic mass is 35.5. The van der Waals surface area contributed by atoms with Gasteiger partial charge in [-0.15, -0.1) is 5.10 Å². The molecule has 1 aromatic heterocycles. The van der Waals surface area contributed by atoms with E-state index in [0.717, 1.165) is 6.07 Å². The molecule has 2 aromatic carbocycles. The van der Waals surface area contributed by atoms with Gasteiger partial charge < -0.3 is 10.8 Å². The van der Waals surface area contributed by atoms with E-state index in [1.165, 1.54) is 42.5 Å². The first kappa shape index (κ1) is 28.4. The molecule has 3 rings (SSSR count). The van der Waals surface area contributed by atoms with Crippen LogP contribution in [0, 0.1) is 0 Å². The summed E-state index contributed by atoms with van der Waals surface area (Å²) in [6, 6.07) is 9.14. The molecule has 0 radical (unpaired) electrons. The van der Waals surface area contributed by atoms with E-state index >= 15 is 0 Å². The van der Waals surface area contributed by atoms with Crippen LogP contribution in [-0.2, 0) is 24.1 Å². The van der Waals surface area contributed by atoms with Crippen molar-refractivity contribution in [3.8, 4) is 11.4 Å². The molecular formula is C23H21ClF6N4O3. The van der Waals surface area contributed by atoms with E-state index in [2.05, 4.69) is 5.10 Å². The summed E-state index contributed by atoms with van der Waals surface area (Å²) in [4.78, 5) is 25.3. The summed E-state index contributed by atoms with van der Waals surface area (Å²) >= 11 is 5.83. The average Bonchev–Trinajstić information content (AvgIpc) is 3.11. The molecule has 0 saturated heterocycles. The summed E-state index contributed by atoms with van der Waals surface area (Å²) in [6.45, 7) is -1.84. The highest BCUT2D eigenvalue weighted by Crippen LogP contribution is 2.35. The molecule has 0 aliphatic carbocycles. The largest absolute Gasteiger partial charge is 0.416 e. The number of halogens is 7. The Hall–Kier alpha value is -3.16. The van der Waals surface area contributed by atoms with Gasteiger partial charge in [-0.05, 0) is 42.3 Å². The molecule has 14 heteroatoms. The van der Waals surface area contributed by atoms with Crippen molar-refractivity contribution in [1.82, 2.24) is 14.3 Å². The number of hydrogen-bond donors (Lipinski definition) is 2. The van der Waals surface area contributed by atoms with E-state index in [0.29, 0.717) is 14.3 Å². The number of ketones is 1. The van der Waals surface area contributed by atoms with Gasteiger partial charge in [-0.3, -0.25) is 9.36 Å². The molecule has 0 amide bonds. The predicted molar refractivity (Wildman–Crippen MR) is 122 cm³/mol. The van der Waals surface area contributed by atoms with Crippen LogP contribution < -0.4 is 11.4 Å². The number of aliphatic hydroxyl groups excluding tert-OH is 1. The normalized spacial score (nSPS) is 14.0. The van der Waals surface area contributed by atoms with Gasteiger partial charge in [0.25, 0.3) is 0 Å². The molecule has 7 nitrogen and oxygen atoms in total. The van der Waals surface area contributed by atoms with Crippen LogP contribution in [0.1, 0.15) is 30.0 Å². The number of benzene rings is 2. The van der Waals surface area contributed by atoms with Gasteiger partial charge in [0, 0.05) is 23.0 Å². The van der Waals surface area contributed by atoms with Crippen LogP contribution in [0.4, 0.5) is 26.3 Å². The molecule has 200 valence electrons. The maximum Gasteiger partial charge on any atom is 0.416 e. The molecule has 1 heterocycles. The molecule has 0 spiro atoms. The number of rotatable bonds is 9. The van der Waals surface area contributed by atoms with Crippen LogP contribution in [0.15, 0.2) is 53.3 Å². The van der Waals surface area contributed by atoms with Crippen molar-refractivity contribution in [3.63, 3.8) is 0 Å². The molecule has 37 heavy (non-hydrogen) atoms. The molecule has 0 aliphatic rings. The monoisotopic (exact) mass is 550 g/mol. The fourth-order valence-electron chi connectivity index (χ4n) is 3.59. The minimum absolute atomic E-state index is 0.182. The number of carbonyl (C=O) groups excluding carboxylic acids is 1. The third-order valence-electron chi connectivity index (χ3n) is 5.48. The topological polar surface area (TPSA) is 103 Å². The Morgan fingerprint density at radius 3 is 2.27 bits per heavy atom. The highest BCUT2D eigenvalue weighted by molar-refractivity contribution is 6.30. The number of alkyl halides is 6. The van der Waals surface area contributed by atoms with Gasteiger partial charge in [-0.2, -0.15) is 26.3 Å². The SMILES string of the molecule is NC(CCC(=O)Cn1nc(-c2ccc(Cl)cc2)n(C[C@H](O)C(F)(F)F)c1=O)c1ccccc1C(F)(F)F. The second-order valence-electron chi connectivity index (χ2n) is 8.21. The van der Waals surface area contributed by atoms with Gasteiger partial charge in [0.1, 0.15) is 6.54 Å². The summed E-state index contributed by atoms with van der Waals surface area (Å²) < 4.78 is 79.8. The highest BCUT2D eigenvalue weighted by Gasteiger charge is 2.39. The lowest BCUT2D eigenvalue weighted by Crippen LogP contribution is -2.37. The zero-order chi connectivity index (χ0) is 27.5. The van der Waals surface area contributed by atoms with Crippen molar-refractivity contribution < 1.29 is 36.2 Å². The molecule has 0 fully saturated rings. The molecule has 3 aromatic rings. The first-order valence-electron chi connectivity index (χ1n) is 10.8. The van der Waals surface area contributed by atoms with E-state index < -0.39 is 54.6 Å². The molecule has 3 N–H and O–H groups in total. The minimum atomic E-state index is -5.02. The van der Waals surface area contributed by atoms with Crippen molar-refractivity contribution in [3.05, 3.63) is 75.2 Å². The second-order valence-corrected chi connectivity index (χ2v) is 8.64. The lowest BCUT2D eigenvalue weighted by atomic mass is 9.96. The summed E-state index contributed by atoms with van der Waals surface area (Å²) in [5.41, 5.74) is 3.87. The predicted octanol–water partition coefficient (Wildman–Crippen LogP) is 4.36. The summed E-state index contributed by atoms with van der Waals surface area (Å²) in [5.74, 6) is -0.876. The molecule has 0 saturated carbocycles. The number of hydrogen-bond acceptors (Lipinski definition) is 5. The summed E-state index contributed by atoms with van der Waals surface area (Å²) in [5, 5.41) is 13.8. The summed E-state index contributed by atoms with van der Waals surface area (Å²) in [6.07, 6.45) is -13.0. The fourth-order valence-corrected chi connectivity index (χ4v) is 3.72. The lowest BCUT2D eigenvalue weighted by Gasteiger charge is -2.18. The van der Waals surface area contributed by atoms with Crippen LogP contribution in [0.5, 0.6) is 0 Å². The number of aromatic nitrogens is 3. The van der Waals surface area contributed by atoms with Crippen molar-refractivity contribution in [2.75, 3.05) is 0 Å². The van der Waals surface area contributed by atoms with E-state index in [1.54, 1.807) is 0 Å². The number of carbonyl (C=O) groups is 1. The van der Waals surface area contributed by atoms with Gasteiger partial charge in [0.05, 0.1) is 12.1 Å². The molecule has 0 aliphatic heterocycles. The number of nitrogens with two attached hydrogens (primary N) is 1. The maximum absolute atomic E-state index is 13.2. The van der Waals surface area contributed by atoms with Gasteiger partial charge in [-0.25, -0.2) is 9.48 Å². The Bertz CT molecular complexity index is 1300. The minimum Gasteiger partial charge on any atom is -0.382 e. The Kier molecular flexibility index (Phi) is 8.50. The Labute approximate surface area is 211 Å². The van der Waals surface area contributed by atoms with Crippen LogP contribution >= 0.6 is 11.6 Å². The van der Waals surface area contributed by atoms with E-state index in [-0.39, 0.29) is 29.8 Å². The van der Waals surface area contributed by atoms with Crippen molar-refractivity contribution >= 4 is 17.4 Å². The lowest BCUT2D eigenvalue weighted by molar-refractivity contribution is -0.207. The Balaban J connectivity index is 1.81. The van der Waals surface area contributed by atoms with Crippen LogP contribution in [0.3, 0.4) is 0 Å². The second kappa shape index (κ2) is 11.1. The van der Waals surface area contributed by atoms with Crippen LogP contribution in [-0.4, -0.2) is 37.5 Å². The van der Waals surface area contributed by atoms with Gasteiger partial charge in [0.15, 0.2) is 17.7 Å². The zero-order valence-corrected chi connectivity index (χ0v) is 19.7. The fraction of sp³-hybridized carbons (Fsp3) is 0.348. The number of nitrogens with zero attached hydrogens (tertiary/aromatic N) is 3. The van der Waals surface area contributed by atoms with Crippen LogP contribution in [0.25, 0.3) is 11.4 Å². The standard InChI is InChI=1S/C23H21ClF6N4O3/c24-14-7-5-13(6-8-14)20-32-34(21(37)33(20)12-19(36)23(28,29)30)11-15(35)9-10-18(31)16-3-1-2-4-17(16)22(25,26)27/h1-8,18-19,36H,9-12,31H2/t18?,19-/m0/s1. The first-order chi connectivity index (χ1) is 17.2. The number of aliphatic hydroxyl groups is 1. The van der Waals surface area contributed by atoms with Crippen molar-refractivity contribution in [2.24, 2.45) is 5.73 Å². The van der Waals surface area contributed by atoms with Crippen LogP contribution in [0.2, 0.25) is 5.02 Å². The Morgan fingerprint density at radius 2 is 1.68 bits per heavy atom. The smallest absolute Gasteiger partial charge is 0.382 e. The molecule has 1 unspecified atom stereocenters. The molecule has 2 atom stereocenters. The molecular weight excluding hydrogens is 530 g/mol. The van der Waals surface area contributed by atoms with Gasteiger partial charge in [-0.1, -0.05) is 29.8 Å².